The van der Waals surface area contributed by atoms with Crippen LogP contribution in [0.2, 0.25) is 0 Å². The van der Waals surface area contributed by atoms with Crippen LogP contribution in [0.4, 0.5) is 0 Å². The normalized spacial score (nSPS) is 24.7. The fraction of sp³-hybridized carbons (Fsp3) is 0.500. The summed E-state index contributed by atoms with van der Waals surface area (Å²) in [5, 5.41) is 2.82. The Balaban J connectivity index is 1.96. The standard InChI is InChI=1S/C18H22N2O3/c1-10-5-8-14(15(21)19-10)20-16(22)12-7-6-11(18(2,3)4)9-13(12)17(20)23/h6-7,9-10,14H,5,8H2,1-4H3,(H,19,21)/t10?,14-/m0/s1. The molecule has 3 rings (SSSR count). The van der Waals surface area contributed by atoms with E-state index in [2.05, 4.69) is 26.1 Å². The van der Waals surface area contributed by atoms with Crippen molar-refractivity contribution in [3.8, 4) is 0 Å². The molecular formula is C18H22N2O3. The minimum atomic E-state index is -0.698. The van der Waals surface area contributed by atoms with Crippen molar-refractivity contribution in [3.63, 3.8) is 0 Å². The van der Waals surface area contributed by atoms with Crippen molar-refractivity contribution in [2.45, 2.75) is 58.0 Å². The van der Waals surface area contributed by atoms with Crippen molar-refractivity contribution in [2.75, 3.05) is 0 Å². The second-order valence-corrected chi connectivity index (χ2v) is 7.49. The van der Waals surface area contributed by atoms with Crippen LogP contribution in [0.1, 0.15) is 66.8 Å². The third-order valence-corrected chi connectivity index (χ3v) is 4.66. The molecule has 1 unspecified atom stereocenters. The topological polar surface area (TPSA) is 66.5 Å². The number of carbonyl (C=O) groups is 3. The van der Waals surface area contributed by atoms with E-state index in [1.165, 1.54) is 0 Å². The van der Waals surface area contributed by atoms with Gasteiger partial charge < -0.3 is 5.32 Å². The molecule has 2 aliphatic heterocycles. The Morgan fingerprint density at radius 2 is 1.70 bits per heavy atom. The molecule has 2 aliphatic rings. The highest BCUT2D eigenvalue weighted by molar-refractivity contribution is 6.23. The van der Waals surface area contributed by atoms with E-state index in [0.717, 1.165) is 16.9 Å². The van der Waals surface area contributed by atoms with E-state index in [1.54, 1.807) is 12.1 Å². The highest BCUT2D eigenvalue weighted by atomic mass is 16.2. The Hall–Kier alpha value is -2.17. The van der Waals surface area contributed by atoms with Gasteiger partial charge in [-0.3, -0.25) is 19.3 Å². The summed E-state index contributed by atoms with van der Waals surface area (Å²) in [7, 11) is 0. The molecule has 1 fully saturated rings. The summed E-state index contributed by atoms with van der Waals surface area (Å²) < 4.78 is 0. The summed E-state index contributed by atoms with van der Waals surface area (Å²) in [6, 6.07) is 4.77. The summed E-state index contributed by atoms with van der Waals surface area (Å²) in [4.78, 5) is 38.7. The van der Waals surface area contributed by atoms with Gasteiger partial charge in [-0.15, -0.1) is 0 Å². The van der Waals surface area contributed by atoms with Crippen LogP contribution in [0.25, 0.3) is 0 Å². The number of benzene rings is 1. The van der Waals surface area contributed by atoms with E-state index in [4.69, 9.17) is 0 Å². The first-order valence-electron chi connectivity index (χ1n) is 8.03. The van der Waals surface area contributed by atoms with Crippen LogP contribution in [-0.4, -0.2) is 34.7 Å². The van der Waals surface area contributed by atoms with Crippen molar-refractivity contribution in [1.82, 2.24) is 10.2 Å². The van der Waals surface area contributed by atoms with Gasteiger partial charge in [0.15, 0.2) is 0 Å². The molecule has 0 aromatic heterocycles. The molecule has 23 heavy (non-hydrogen) atoms. The number of carbonyl (C=O) groups excluding carboxylic acids is 3. The zero-order valence-corrected chi connectivity index (χ0v) is 14.0. The van der Waals surface area contributed by atoms with Gasteiger partial charge in [0.05, 0.1) is 11.1 Å². The maximum Gasteiger partial charge on any atom is 0.262 e. The van der Waals surface area contributed by atoms with E-state index in [-0.39, 0.29) is 29.2 Å². The number of hydrogen-bond donors (Lipinski definition) is 1. The van der Waals surface area contributed by atoms with Gasteiger partial charge in [0.1, 0.15) is 6.04 Å². The lowest BCUT2D eigenvalue weighted by Gasteiger charge is -2.31. The fourth-order valence-electron chi connectivity index (χ4n) is 3.21. The van der Waals surface area contributed by atoms with Crippen LogP contribution >= 0.6 is 0 Å². The molecule has 0 saturated carbocycles. The van der Waals surface area contributed by atoms with Gasteiger partial charge in [0.25, 0.3) is 11.8 Å². The molecule has 1 N–H and O–H groups in total. The first kappa shape index (κ1) is 15.7. The van der Waals surface area contributed by atoms with Crippen LogP contribution in [-0.2, 0) is 10.2 Å². The molecule has 122 valence electrons. The second kappa shape index (κ2) is 5.18. The van der Waals surface area contributed by atoms with Crippen molar-refractivity contribution in [1.29, 1.82) is 0 Å². The zero-order valence-electron chi connectivity index (χ0n) is 14.0. The van der Waals surface area contributed by atoms with Crippen molar-refractivity contribution >= 4 is 17.7 Å². The Kier molecular flexibility index (Phi) is 3.54. The highest BCUT2D eigenvalue weighted by Crippen LogP contribution is 2.31. The largest absolute Gasteiger partial charge is 0.352 e. The summed E-state index contributed by atoms with van der Waals surface area (Å²) in [5.41, 5.74) is 1.70. The molecule has 0 aliphatic carbocycles. The molecule has 5 heteroatoms. The summed E-state index contributed by atoms with van der Waals surface area (Å²) in [6.45, 7) is 8.10. The Morgan fingerprint density at radius 1 is 1.04 bits per heavy atom. The van der Waals surface area contributed by atoms with Crippen LogP contribution in [0, 0.1) is 0 Å². The van der Waals surface area contributed by atoms with Crippen molar-refractivity contribution in [2.24, 2.45) is 0 Å². The van der Waals surface area contributed by atoms with Gasteiger partial charge in [-0.2, -0.15) is 0 Å². The van der Waals surface area contributed by atoms with Crippen molar-refractivity contribution < 1.29 is 14.4 Å². The van der Waals surface area contributed by atoms with Crippen LogP contribution in [0.15, 0.2) is 18.2 Å². The molecule has 0 spiro atoms. The van der Waals surface area contributed by atoms with E-state index >= 15 is 0 Å². The lowest BCUT2D eigenvalue weighted by atomic mass is 9.85. The van der Waals surface area contributed by atoms with Gasteiger partial charge in [0.2, 0.25) is 5.91 Å². The third-order valence-electron chi connectivity index (χ3n) is 4.66. The molecular weight excluding hydrogens is 292 g/mol. The maximum absolute atomic E-state index is 12.7. The average molecular weight is 314 g/mol. The molecule has 2 heterocycles. The molecule has 5 nitrogen and oxygen atoms in total. The van der Waals surface area contributed by atoms with E-state index in [1.807, 2.05) is 13.0 Å². The summed E-state index contributed by atoms with van der Waals surface area (Å²) in [5.74, 6) is -0.958. The first-order chi connectivity index (χ1) is 10.7. The van der Waals surface area contributed by atoms with Gasteiger partial charge >= 0.3 is 0 Å². The van der Waals surface area contributed by atoms with Crippen LogP contribution in [0.5, 0.6) is 0 Å². The van der Waals surface area contributed by atoms with Gasteiger partial charge in [-0.05, 0) is 42.9 Å². The monoisotopic (exact) mass is 314 g/mol. The van der Waals surface area contributed by atoms with E-state index in [0.29, 0.717) is 17.5 Å². The third kappa shape index (κ3) is 2.54. The molecule has 0 radical (unpaired) electrons. The van der Waals surface area contributed by atoms with E-state index < -0.39 is 6.04 Å². The number of nitrogens with one attached hydrogen (secondary N) is 1. The number of nitrogens with zero attached hydrogens (tertiary/aromatic N) is 1. The number of fused-ring (bicyclic) bond motifs is 1. The minimum absolute atomic E-state index is 0.0847. The van der Waals surface area contributed by atoms with Crippen LogP contribution < -0.4 is 5.32 Å². The number of rotatable bonds is 1. The first-order valence-corrected chi connectivity index (χ1v) is 8.03. The van der Waals surface area contributed by atoms with Gasteiger partial charge in [-0.1, -0.05) is 26.8 Å². The smallest absolute Gasteiger partial charge is 0.262 e. The SMILES string of the molecule is CC1CC[C@H](N2C(=O)c3ccc(C(C)(C)C)cc3C2=O)C(=O)N1. The second-order valence-electron chi connectivity index (χ2n) is 7.49. The summed E-state index contributed by atoms with van der Waals surface area (Å²) >= 11 is 0. The Labute approximate surface area is 136 Å². The number of hydrogen-bond acceptors (Lipinski definition) is 3. The van der Waals surface area contributed by atoms with Crippen LogP contribution in [0.3, 0.4) is 0 Å². The maximum atomic E-state index is 12.7. The number of piperidine rings is 1. The quantitative estimate of drug-likeness (QED) is 0.809. The van der Waals surface area contributed by atoms with E-state index in [9.17, 15) is 14.4 Å². The Bertz CT molecular complexity index is 703. The average Bonchev–Trinajstić information content (AvgIpc) is 2.71. The van der Waals surface area contributed by atoms with Gasteiger partial charge in [0, 0.05) is 6.04 Å². The Morgan fingerprint density at radius 3 is 2.30 bits per heavy atom. The lowest BCUT2D eigenvalue weighted by Crippen LogP contribution is -2.54. The zero-order chi connectivity index (χ0) is 16.9. The fourth-order valence-corrected chi connectivity index (χ4v) is 3.21. The predicted molar refractivity (Wildman–Crippen MR) is 86.3 cm³/mol. The molecule has 2 atom stereocenters. The highest BCUT2D eigenvalue weighted by Gasteiger charge is 2.44. The summed E-state index contributed by atoms with van der Waals surface area (Å²) in [6.07, 6.45) is 1.28. The van der Waals surface area contributed by atoms with Crippen molar-refractivity contribution in [3.05, 3.63) is 34.9 Å². The number of imide groups is 1. The lowest BCUT2D eigenvalue weighted by molar-refractivity contribution is -0.127. The molecule has 1 saturated heterocycles. The molecule has 0 bridgehead atoms. The van der Waals surface area contributed by atoms with Gasteiger partial charge in [-0.25, -0.2) is 0 Å². The molecule has 1 aromatic carbocycles. The minimum Gasteiger partial charge on any atom is -0.352 e. The number of amides is 3. The molecule has 3 amide bonds. The predicted octanol–water partition coefficient (Wildman–Crippen LogP) is 2.25. The molecule has 1 aromatic rings.